The molecule has 7 aromatic carbocycles. The van der Waals surface area contributed by atoms with Crippen LogP contribution in [0.3, 0.4) is 0 Å². The van der Waals surface area contributed by atoms with Crippen molar-refractivity contribution in [3.05, 3.63) is 191 Å². The Kier molecular flexibility index (Phi) is 12.2. The highest BCUT2D eigenvalue weighted by molar-refractivity contribution is 5.98. The minimum absolute atomic E-state index is 0.0880. The third kappa shape index (κ3) is 9.82. The van der Waals surface area contributed by atoms with Crippen molar-refractivity contribution in [2.75, 3.05) is 0 Å². The number of nitrogens with zero attached hydrogens (tertiary/aromatic N) is 1. The molecule has 0 saturated heterocycles. The maximum absolute atomic E-state index is 13.2. The predicted molar refractivity (Wildman–Crippen MR) is 226 cm³/mol. The maximum atomic E-state index is 13.2. The van der Waals surface area contributed by atoms with Gasteiger partial charge in [0.1, 0.15) is 40.1 Å². The van der Waals surface area contributed by atoms with Gasteiger partial charge in [0.05, 0.1) is 16.7 Å². The molecule has 0 spiro atoms. The number of rotatable bonds is 12. The summed E-state index contributed by atoms with van der Waals surface area (Å²) in [6.45, 7) is 5.23. The highest BCUT2D eigenvalue weighted by atomic mass is 16.6. The first kappa shape index (κ1) is 41.6. The van der Waals surface area contributed by atoms with E-state index in [9.17, 15) is 24.0 Å². The molecule has 62 heavy (non-hydrogen) atoms. The van der Waals surface area contributed by atoms with E-state index in [2.05, 4.69) is 0 Å². The van der Waals surface area contributed by atoms with Crippen LogP contribution in [0.2, 0.25) is 0 Å². The Bertz CT molecular complexity index is 2890. The summed E-state index contributed by atoms with van der Waals surface area (Å²) in [7, 11) is 0. The van der Waals surface area contributed by atoms with Crippen LogP contribution in [0.25, 0.3) is 10.8 Å². The van der Waals surface area contributed by atoms with E-state index >= 15 is 0 Å². The third-order valence-corrected chi connectivity index (χ3v) is 9.71. The topological polar surface area (TPSA) is 165 Å². The van der Waals surface area contributed by atoms with Crippen LogP contribution in [0, 0.1) is 11.5 Å². The Morgan fingerprint density at radius 1 is 0.452 bits per heavy atom. The number of ether oxygens (including phenoxy) is 6. The minimum atomic E-state index is -0.702. The molecule has 0 aromatic heterocycles. The summed E-state index contributed by atoms with van der Waals surface area (Å²) in [5, 5.41) is 10.1. The van der Waals surface area contributed by atoms with Crippen LogP contribution in [0.5, 0.6) is 34.5 Å². The van der Waals surface area contributed by atoms with Gasteiger partial charge in [-0.2, -0.15) is 0 Å². The molecule has 12 nitrogen and oxygen atoms in total. The van der Waals surface area contributed by atoms with E-state index in [1.165, 1.54) is 67.6 Å². The van der Waals surface area contributed by atoms with Crippen LogP contribution in [-0.2, 0) is 10.2 Å². The Hall–Kier alpha value is -8.56. The molecular formula is C50H35NO11. The highest BCUT2D eigenvalue weighted by Crippen LogP contribution is 2.35. The molecule has 0 saturated carbocycles. The van der Waals surface area contributed by atoms with Crippen LogP contribution in [0.15, 0.2) is 158 Å². The van der Waals surface area contributed by atoms with Gasteiger partial charge >= 0.3 is 29.8 Å². The number of nitriles is 1. The summed E-state index contributed by atoms with van der Waals surface area (Å²) in [6.07, 6.45) is 1.58. The highest BCUT2D eigenvalue weighted by Gasteiger charge is 2.25. The van der Waals surface area contributed by atoms with Crippen molar-refractivity contribution in [1.82, 2.24) is 0 Å². The standard InChI is InChI=1S/C50H35NO11/c1-31(52)58-45-13-5-4-12-44(45)49(56)62-43-25-20-34-26-36(15-14-35(34)27-43)48(55)59-40-23-18-33(19-24-40)47(54)61-42-11-7-9-38(29-42)50(2,3)37-8-6-10-41(28-37)60-46(53)32-16-21-39(22-17-32)57-30-51/h4-29H,1-3H3. The quantitative estimate of drug-likeness (QED) is 0.0652. The van der Waals surface area contributed by atoms with Gasteiger partial charge in [-0.15, -0.1) is 5.26 Å². The molecule has 0 radical (unpaired) electrons. The van der Waals surface area contributed by atoms with Gasteiger partial charge in [0.2, 0.25) is 0 Å². The van der Waals surface area contributed by atoms with Crippen molar-refractivity contribution >= 4 is 40.6 Å². The molecule has 7 aromatic rings. The Labute approximate surface area is 355 Å². The number of esters is 5. The van der Waals surface area contributed by atoms with Crippen molar-refractivity contribution < 1.29 is 52.4 Å². The van der Waals surface area contributed by atoms with Gasteiger partial charge in [-0.25, -0.2) is 19.2 Å². The van der Waals surface area contributed by atoms with Gasteiger partial charge in [-0.05, 0) is 131 Å². The number of carbonyl (C=O) groups is 5. The van der Waals surface area contributed by atoms with E-state index in [1.807, 2.05) is 26.0 Å². The lowest BCUT2D eigenvalue weighted by Crippen LogP contribution is -2.19. The maximum Gasteiger partial charge on any atom is 0.347 e. The molecule has 12 heteroatoms. The molecule has 0 amide bonds. The molecule has 7 rings (SSSR count). The SMILES string of the molecule is CC(=O)Oc1ccccc1C(=O)Oc1ccc2cc(C(=O)Oc3ccc(C(=O)Oc4cccc(C(C)(C)c5cccc(OC(=O)c6ccc(OC#N)cc6)c5)c4)cc3)ccc2c1. The summed E-state index contributed by atoms with van der Waals surface area (Å²) in [4.78, 5) is 63.4. The Morgan fingerprint density at radius 2 is 0.919 bits per heavy atom. The number of benzene rings is 7. The zero-order chi connectivity index (χ0) is 43.8. The van der Waals surface area contributed by atoms with Crippen molar-refractivity contribution in [2.24, 2.45) is 0 Å². The molecule has 0 aliphatic rings. The molecular weight excluding hydrogens is 791 g/mol. The van der Waals surface area contributed by atoms with E-state index in [0.29, 0.717) is 28.0 Å². The van der Waals surface area contributed by atoms with Gasteiger partial charge in [0.15, 0.2) is 0 Å². The van der Waals surface area contributed by atoms with E-state index in [-0.39, 0.29) is 39.5 Å². The van der Waals surface area contributed by atoms with E-state index in [1.54, 1.807) is 91.2 Å². The zero-order valence-electron chi connectivity index (χ0n) is 33.4. The second-order valence-electron chi connectivity index (χ2n) is 14.3. The van der Waals surface area contributed by atoms with Crippen molar-refractivity contribution in [3.8, 4) is 40.8 Å². The molecule has 0 N–H and O–H groups in total. The number of fused-ring (bicyclic) bond motifs is 1. The predicted octanol–water partition coefficient (Wildman–Crippen LogP) is 9.83. The molecule has 306 valence electrons. The number of hydrogen-bond acceptors (Lipinski definition) is 12. The summed E-state index contributed by atoms with van der Waals surface area (Å²) in [6, 6.07) is 42.3. The minimum Gasteiger partial charge on any atom is -0.426 e. The monoisotopic (exact) mass is 825 g/mol. The molecule has 0 atom stereocenters. The lowest BCUT2D eigenvalue weighted by atomic mass is 9.78. The van der Waals surface area contributed by atoms with Crippen LogP contribution in [0.4, 0.5) is 0 Å². The smallest absolute Gasteiger partial charge is 0.347 e. The second-order valence-corrected chi connectivity index (χ2v) is 14.3. The first-order valence-electron chi connectivity index (χ1n) is 19.0. The molecule has 0 bridgehead atoms. The zero-order valence-corrected chi connectivity index (χ0v) is 33.4. The molecule has 0 aliphatic heterocycles. The number of para-hydroxylation sites is 1. The first-order valence-corrected chi connectivity index (χ1v) is 19.0. The Morgan fingerprint density at radius 3 is 1.52 bits per heavy atom. The van der Waals surface area contributed by atoms with Crippen molar-refractivity contribution in [1.29, 1.82) is 5.26 Å². The molecule has 0 aliphatic carbocycles. The van der Waals surface area contributed by atoms with E-state index < -0.39 is 35.3 Å². The lowest BCUT2D eigenvalue weighted by Gasteiger charge is -2.27. The van der Waals surface area contributed by atoms with Gasteiger partial charge in [-0.3, -0.25) is 4.79 Å². The fraction of sp³-hybridized carbons (Fsp3) is 0.0800. The Balaban J connectivity index is 0.956. The second kappa shape index (κ2) is 18.1. The van der Waals surface area contributed by atoms with Gasteiger partial charge in [-0.1, -0.05) is 62.4 Å². The van der Waals surface area contributed by atoms with Crippen molar-refractivity contribution in [3.63, 3.8) is 0 Å². The largest absolute Gasteiger partial charge is 0.426 e. The number of carbonyl (C=O) groups excluding carboxylic acids is 5. The first-order chi connectivity index (χ1) is 29.9. The fourth-order valence-electron chi connectivity index (χ4n) is 6.39. The third-order valence-electron chi connectivity index (χ3n) is 9.71. The summed E-state index contributed by atoms with van der Waals surface area (Å²) < 4.78 is 32.4. The van der Waals surface area contributed by atoms with Crippen LogP contribution >= 0.6 is 0 Å². The fourth-order valence-corrected chi connectivity index (χ4v) is 6.39. The summed E-state index contributed by atoms with van der Waals surface area (Å²) in [5.41, 5.74) is 1.95. The van der Waals surface area contributed by atoms with Crippen LogP contribution in [-0.4, -0.2) is 29.8 Å². The molecule has 0 heterocycles. The normalized spacial score (nSPS) is 10.8. The number of hydrogen-bond donors (Lipinski definition) is 0. The average molecular weight is 826 g/mol. The van der Waals surface area contributed by atoms with Gasteiger partial charge < -0.3 is 28.4 Å². The van der Waals surface area contributed by atoms with E-state index in [0.717, 1.165) is 11.1 Å². The van der Waals surface area contributed by atoms with Gasteiger partial charge in [0, 0.05) is 12.3 Å². The molecule has 0 fully saturated rings. The summed E-state index contributed by atoms with van der Waals surface area (Å²) in [5.74, 6) is -1.57. The van der Waals surface area contributed by atoms with E-state index in [4.69, 9.17) is 33.7 Å². The lowest BCUT2D eigenvalue weighted by molar-refractivity contribution is -0.131. The average Bonchev–Trinajstić information content (AvgIpc) is 3.27. The van der Waals surface area contributed by atoms with Crippen molar-refractivity contribution in [2.45, 2.75) is 26.2 Å². The van der Waals surface area contributed by atoms with Crippen LogP contribution in [0.1, 0.15) is 73.3 Å². The van der Waals surface area contributed by atoms with Crippen LogP contribution < -0.4 is 28.4 Å². The summed E-state index contributed by atoms with van der Waals surface area (Å²) >= 11 is 0. The molecule has 0 unspecified atom stereocenters. The van der Waals surface area contributed by atoms with Gasteiger partial charge in [0.25, 0.3) is 6.26 Å².